The first-order chi connectivity index (χ1) is 13.1. The molecule has 2 heterocycles. The van der Waals surface area contributed by atoms with E-state index < -0.39 is 0 Å². The molecule has 0 fully saturated rings. The number of aromatic nitrogens is 2. The molecule has 0 spiro atoms. The van der Waals surface area contributed by atoms with E-state index in [-0.39, 0.29) is 12.0 Å². The minimum absolute atomic E-state index is 0.128. The third-order valence-electron chi connectivity index (χ3n) is 5.00. The van der Waals surface area contributed by atoms with Crippen molar-refractivity contribution in [1.29, 1.82) is 5.26 Å². The van der Waals surface area contributed by atoms with Gasteiger partial charge < -0.3 is 5.32 Å². The van der Waals surface area contributed by atoms with Crippen LogP contribution in [0.3, 0.4) is 0 Å². The molecule has 4 aromatic rings. The Morgan fingerprint density at radius 1 is 1.00 bits per heavy atom. The summed E-state index contributed by atoms with van der Waals surface area (Å²) in [5.74, 6) is 1.19. The first-order valence-corrected chi connectivity index (χ1v) is 9.26. The van der Waals surface area contributed by atoms with Crippen molar-refractivity contribution in [3.05, 3.63) is 77.4 Å². The lowest BCUT2D eigenvalue weighted by Crippen LogP contribution is -2.11. The van der Waals surface area contributed by atoms with Crippen LogP contribution in [0.25, 0.3) is 16.7 Å². The van der Waals surface area contributed by atoms with Crippen LogP contribution in [0.15, 0.2) is 60.7 Å². The fourth-order valence-electron chi connectivity index (χ4n) is 3.57. The number of imidazole rings is 1. The molecule has 2 aromatic heterocycles. The molecule has 4 heteroatoms. The topological polar surface area (TPSA) is 53.1 Å². The van der Waals surface area contributed by atoms with Gasteiger partial charge in [-0.3, -0.25) is 4.40 Å². The molecule has 0 aliphatic heterocycles. The van der Waals surface area contributed by atoms with Gasteiger partial charge in [-0.2, -0.15) is 5.26 Å². The van der Waals surface area contributed by atoms with Gasteiger partial charge in [0.1, 0.15) is 11.9 Å². The van der Waals surface area contributed by atoms with Gasteiger partial charge in [-0.15, -0.1) is 0 Å². The summed E-state index contributed by atoms with van der Waals surface area (Å²) in [6.45, 7) is 6.37. The predicted octanol–water partition coefficient (Wildman–Crippen LogP) is 5.66. The van der Waals surface area contributed by atoms with Crippen molar-refractivity contribution in [2.45, 2.75) is 32.7 Å². The van der Waals surface area contributed by atoms with Crippen LogP contribution in [0.2, 0.25) is 0 Å². The van der Waals surface area contributed by atoms with E-state index >= 15 is 0 Å². The van der Waals surface area contributed by atoms with Crippen LogP contribution in [0.5, 0.6) is 0 Å². The molecule has 0 aliphatic rings. The molecule has 0 saturated heterocycles. The van der Waals surface area contributed by atoms with Gasteiger partial charge in [0.15, 0.2) is 5.65 Å². The molecule has 1 atom stereocenters. The molecular formula is C23H22N4. The number of para-hydroxylation sites is 2. The van der Waals surface area contributed by atoms with Gasteiger partial charge in [0, 0.05) is 6.04 Å². The van der Waals surface area contributed by atoms with E-state index in [9.17, 15) is 5.26 Å². The van der Waals surface area contributed by atoms with Gasteiger partial charge in [-0.1, -0.05) is 56.3 Å². The second-order valence-corrected chi connectivity index (χ2v) is 7.16. The Balaban J connectivity index is 1.97. The van der Waals surface area contributed by atoms with E-state index in [0.717, 1.165) is 22.4 Å². The number of nitriles is 1. The summed E-state index contributed by atoms with van der Waals surface area (Å²) in [7, 11) is 0. The molecule has 0 radical (unpaired) electrons. The lowest BCUT2D eigenvalue weighted by Gasteiger charge is -2.20. The Morgan fingerprint density at radius 2 is 1.70 bits per heavy atom. The van der Waals surface area contributed by atoms with Gasteiger partial charge in [0.05, 0.1) is 16.6 Å². The summed E-state index contributed by atoms with van der Waals surface area (Å²) >= 11 is 0. The molecule has 0 amide bonds. The zero-order chi connectivity index (χ0) is 19.0. The molecule has 1 N–H and O–H groups in total. The highest BCUT2D eigenvalue weighted by molar-refractivity contribution is 5.85. The Hall–Kier alpha value is -3.32. The van der Waals surface area contributed by atoms with Gasteiger partial charge in [-0.25, -0.2) is 4.98 Å². The summed E-state index contributed by atoms with van der Waals surface area (Å²) in [6.07, 6.45) is 0. The number of anilines is 1. The molecule has 4 nitrogen and oxygen atoms in total. The van der Waals surface area contributed by atoms with E-state index in [1.54, 1.807) is 0 Å². The summed E-state index contributed by atoms with van der Waals surface area (Å²) in [4.78, 5) is 4.77. The first-order valence-electron chi connectivity index (χ1n) is 9.26. The van der Waals surface area contributed by atoms with Crippen molar-refractivity contribution < 1.29 is 0 Å². The molecule has 27 heavy (non-hydrogen) atoms. The minimum Gasteiger partial charge on any atom is -0.365 e. The average molecular weight is 354 g/mol. The second kappa shape index (κ2) is 6.77. The maximum atomic E-state index is 9.82. The minimum atomic E-state index is 0.128. The fraction of sp³-hybridized carbons (Fsp3) is 0.217. The van der Waals surface area contributed by atoms with Crippen LogP contribution < -0.4 is 5.32 Å². The standard InChI is InChI=1S/C23H22N4/c1-15(2)18-13-22(25-16(3)17-9-5-4-6-10-17)27-21-12-8-7-11-20(21)26-23(27)19(18)14-24/h4-13,15-16,25H,1-3H3/t16-/m0/s1. The quantitative estimate of drug-likeness (QED) is 0.515. The SMILES string of the molecule is CC(C)c1cc(N[C@@H](C)c2ccccc2)n2c(nc3ccccc32)c1C#N. The zero-order valence-corrected chi connectivity index (χ0v) is 15.8. The zero-order valence-electron chi connectivity index (χ0n) is 15.8. The molecule has 0 saturated carbocycles. The van der Waals surface area contributed by atoms with Gasteiger partial charge in [-0.05, 0) is 42.2 Å². The van der Waals surface area contributed by atoms with Gasteiger partial charge in [0.2, 0.25) is 0 Å². The first kappa shape index (κ1) is 17.1. The summed E-state index contributed by atoms with van der Waals surface area (Å²) in [6, 6.07) is 23.0. The maximum Gasteiger partial charge on any atom is 0.157 e. The van der Waals surface area contributed by atoms with Crippen molar-refractivity contribution in [2.75, 3.05) is 5.32 Å². The number of hydrogen-bond acceptors (Lipinski definition) is 3. The van der Waals surface area contributed by atoms with Crippen molar-refractivity contribution in [1.82, 2.24) is 9.38 Å². The predicted molar refractivity (Wildman–Crippen MR) is 110 cm³/mol. The lowest BCUT2D eigenvalue weighted by atomic mass is 9.98. The van der Waals surface area contributed by atoms with E-state index in [1.165, 1.54) is 5.56 Å². The van der Waals surface area contributed by atoms with Crippen LogP contribution >= 0.6 is 0 Å². The van der Waals surface area contributed by atoms with Crippen LogP contribution in [-0.4, -0.2) is 9.38 Å². The fourth-order valence-corrected chi connectivity index (χ4v) is 3.57. The number of hydrogen-bond donors (Lipinski definition) is 1. The molecule has 0 bridgehead atoms. The number of benzene rings is 2. The van der Waals surface area contributed by atoms with E-state index in [0.29, 0.717) is 11.2 Å². The number of nitrogens with one attached hydrogen (secondary N) is 1. The summed E-state index contributed by atoms with van der Waals surface area (Å²) in [5.41, 5.74) is 5.49. The van der Waals surface area contributed by atoms with Crippen LogP contribution in [-0.2, 0) is 0 Å². The smallest absolute Gasteiger partial charge is 0.157 e. The Kier molecular flexibility index (Phi) is 4.29. The van der Waals surface area contributed by atoms with E-state index in [4.69, 9.17) is 4.98 Å². The van der Waals surface area contributed by atoms with Crippen molar-refractivity contribution in [3.8, 4) is 6.07 Å². The molecule has 134 valence electrons. The van der Waals surface area contributed by atoms with Crippen molar-refractivity contribution in [3.63, 3.8) is 0 Å². The summed E-state index contributed by atoms with van der Waals surface area (Å²) < 4.78 is 2.07. The monoisotopic (exact) mass is 354 g/mol. The van der Waals surface area contributed by atoms with Crippen LogP contribution in [0, 0.1) is 11.3 Å². The Bertz CT molecular complexity index is 1150. The Labute approximate surface area is 159 Å². The number of fused-ring (bicyclic) bond motifs is 3. The molecule has 0 unspecified atom stereocenters. The lowest BCUT2D eigenvalue weighted by molar-refractivity contribution is 0.844. The van der Waals surface area contributed by atoms with E-state index in [1.807, 2.05) is 42.5 Å². The van der Waals surface area contributed by atoms with Gasteiger partial charge in [0.25, 0.3) is 0 Å². The Morgan fingerprint density at radius 3 is 2.41 bits per heavy atom. The van der Waals surface area contributed by atoms with Crippen LogP contribution in [0.1, 0.15) is 49.4 Å². The second-order valence-electron chi connectivity index (χ2n) is 7.16. The number of nitrogens with zero attached hydrogens (tertiary/aromatic N) is 3. The van der Waals surface area contributed by atoms with E-state index in [2.05, 4.69) is 54.8 Å². The van der Waals surface area contributed by atoms with Crippen molar-refractivity contribution in [2.24, 2.45) is 0 Å². The number of pyridine rings is 1. The average Bonchev–Trinajstić information content (AvgIpc) is 3.08. The largest absolute Gasteiger partial charge is 0.365 e. The van der Waals surface area contributed by atoms with Crippen LogP contribution in [0.4, 0.5) is 5.82 Å². The normalized spacial score (nSPS) is 12.4. The van der Waals surface area contributed by atoms with Gasteiger partial charge >= 0.3 is 0 Å². The highest BCUT2D eigenvalue weighted by Gasteiger charge is 2.19. The number of rotatable bonds is 4. The highest BCUT2D eigenvalue weighted by atomic mass is 15.1. The maximum absolute atomic E-state index is 9.82. The van der Waals surface area contributed by atoms with Crippen molar-refractivity contribution >= 4 is 22.5 Å². The third-order valence-corrected chi connectivity index (χ3v) is 5.00. The summed E-state index contributed by atoms with van der Waals surface area (Å²) in [5, 5.41) is 13.5. The molecule has 2 aromatic carbocycles. The third kappa shape index (κ3) is 2.92. The molecular weight excluding hydrogens is 332 g/mol. The molecule has 0 aliphatic carbocycles. The molecule has 4 rings (SSSR count). The highest BCUT2D eigenvalue weighted by Crippen LogP contribution is 2.32.